The summed E-state index contributed by atoms with van der Waals surface area (Å²) in [7, 11) is 0. The number of aliphatic carboxylic acids is 1. The number of hydrogen-bond donors (Lipinski definition) is 3. The Kier molecular flexibility index (Phi) is 6.21. The molecule has 1 atom stereocenters. The van der Waals surface area contributed by atoms with Gasteiger partial charge in [-0.15, -0.1) is 0 Å². The molecule has 3 N–H and O–H groups in total. The lowest BCUT2D eigenvalue weighted by Crippen LogP contribution is -2.32. The minimum Gasteiger partial charge on any atom is -0.481 e. The molecule has 0 fully saturated rings. The molecule has 3 rings (SSSR count). The highest BCUT2D eigenvalue weighted by Gasteiger charge is 2.36. The van der Waals surface area contributed by atoms with Crippen molar-refractivity contribution in [2.24, 2.45) is 0 Å². The maximum atomic E-state index is 13.4. The second-order valence-electron chi connectivity index (χ2n) is 6.50. The number of nitrogens with one attached hydrogen (secondary N) is 2. The zero-order chi connectivity index (χ0) is 22.8. The van der Waals surface area contributed by atoms with Crippen molar-refractivity contribution in [3.63, 3.8) is 0 Å². The van der Waals surface area contributed by atoms with Crippen LogP contribution in [0.25, 0.3) is 5.69 Å². The van der Waals surface area contributed by atoms with E-state index in [4.69, 9.17) is 16.7 Å². The number of carbonyl (C=O) groups is 2. The number of hydrogen-bond acceptors (Lipinski definition) is 3. The number of nitrogens with zero attached hydrogens (tertiary/aromatic N) is 1. The van der Waals surface area contributed by atoms with Crippen LogP contribution in [0.3, 0.4) is 0 Å². The highest BCUT2D eigenvalue weighted by Crippen LogP contribution is 2.35. The standard InChI is InChI=1S/C20H15ClF3N3O4/c21-13-7-3-4-8-16(13)27-17(28)9-15(26-27)19(31)25-14(10-18(29)30)11-5-1-2-6-12(11)20(22,23)24/h1-9,14,26H,10H2,(H,25,31)(H,29,30)/t14-/m0/s1. The molecule has 7 nitrogen and oxygen atoms in total. The number of H-pyrrole nitrogens is 1. The Labute approximate surface area is 178 Å². The summed E-state index contributed by atoms with van der Waals surface area (Å²) in [5.41, 5.74) is -2.12. The number of amides is 1. The average molecular weight is 454 g/mol. The van der Waals surface area contributed by atoms with Crippen molar-refractivity contribution in [2.75, 3.05) is 0 Å². The zero-order valence-electron chi connectivity index (χ0n) is 15.6. The van der Waals surface area contributed by atoms with Gasteiger partial charge in [0.1, 0.15) is 5.69 Å². The van der Waals surface area contributed by atoms with Crippen molar-refractivity contribution in [1.82, 2.24) is 15.1 Å². The van der Waals surface area contributed by atoms with Crippen LogP contribution in [-0.2, 0) is 11.0 Å². The maximum absolute atomic E-state index is 13.4. The van der Waals surface area contributed by atoms with Crippen LogP contribution in [0.5, 0.6) is 0 Å². The van der Waals surface area contributed by atoms with Crippen LogP contribution in [0.4, 0.5) is 13.2 Å². The lowest BCUT2D eigenvalue weighted by Gasteiger charge is -2.21. The first kappa shape index (κ1) is 22.2. The van der Waals surface area contributed by atoms with Gasteiger partial charge in [0.2, 0.25) is 0 Å². The number of aromatic amines is 1. The molecule has 1 heterocycles. The molecule has 0 saturated heterocycles. The first-order valence-electron chi connectivity index (χ1n) is 8.83. The van der Waals surface area contributed by atoms with Crippen molar-refractivity contribution < 1.29 is 27.9 Å². The zero-order valence-corrected chi connectivity index (χ0v) is 16.4. The fraction of sp³-hybridized carbons (Fsp3) is 0.150. The van der Waals surface area contributed by atoms with Gasteiger partial charge in [-0.3, -0.25) is 19.5 Å². The number of benzene rings is 2. The van der Waals surface area contributed by atoms with Crippen LogP contribution in [0.2, 0.25) is 5.02 Å². The Morgan fingerprint density at radius 1 is 1.13 bits per heavy atom. The molecule has 0 aliphatic rings. The minimum atomic E-state index is -4.75. The normalized spacial score (nSPS) is 12.4. The number of para-hydroxylation sites is 1. The minimum absolute atomic E-state index is 0.223. The van der Waals surface area contributed by atoms with E-state index in [1.54, 1.807) is 12.1 Å². The number of rotatable bonds is 6. The highest BCUT2D eigenvalue weighted by molar-refractivity contribution is 6.32. The molecule has 0 bridgehead atoms. The van der Waals surface area contributed by atoms with Gasteiger partial charge in [0, 0.05) is 6.07 Å². The van der Waals surface area contributed by atoms with E-state index in [0.29, 0.717) is 0 Å². The van der Waals surface area contributed by atoms with E-state index < -0.39 is 47.2 Å². The maximum Gasteiger partial charge on any atom is 0.416 e. The summed E-state index contributed by atoms with van der Waals surface area (Å²) in [6.07, 6.45) is -5.55. The number of alkyl halides is 3. The molecule has 0 saturated carbocycles. The molecule has 2 aromatic carbocycles. The van der Waals surface area contributed by atoms with Crippen LogP contribution in [0.15, 0.2) is 59.4 Å². The molecule has 0 unspecified atom stereocenters. The lowest BCUT2D eigenvalue weighted by molar-refractivity contribution is -0.140. The van der Waals surface area contributed by atoms with Gasteiger partial charge in [0.15, 0.2) is 0 Å². The Morgan fingerprint density at radius 2 is 1.77 bits per heavy atom. The summed E-state index contributed by atoms with van der Waals surface area (Å²) in [5, 5.41) is 14.2. The summed E-state index contributed by atoms with van der Waals surface area (Å²) in [5.74, 6) is -2.37. The molecular formula is C20H15ClF3N3O4. The predicted octanol–water partition coefficient (Wildman–Crippen LogP) is 3.78. The topological polar surface area (TPSA) is 104 Å². The number of carbonyl (C=O) groups excluding carboxylic acids is 1. The van der Waals surface area contributed by atoms with Crippen LogP contribution < -0.4 is 10.9 Å². The lowest BCUT2D eigenvalue weighted by atomic mass is 9.97. The highest BCUT2D eigenvalue weighted by atomic mass is 35.5. The molecule has 0 radical (unpaired) electrons. The molecular weight excluding hydrogens is 439 g/mol. The fourth-order valence-electron chi connectivity index (χ4n) is 3.03. The van der Waals surface area contributed by atoms with Crippen molar-refractivity contribution in [2.45, 2.75) is 18.6 Å². The predicted molar refractivity (Wildman–Crippen MR) is 105 cm³/mol. The molecule has 11 heteroatoms. The molecule has 1 aromatic heterocycles. The monoisotopic (exact) mass is 453 g/mol. The fourth-order valence-corrected chi connectivity index (χ4v) is 3.25. The van der Waals surface area contributed by atoms with Crippen LogP contribution in [0.1, 0.15) is 34.1 Å². The first-order valence-corrected chi connectivity index (χ1v) is 9.21. The van der Waals surface area contributed by atoms with Gasteiger partial charge in [0.25, 0.3) is 11.5 Å². The Balaban J connectivity index is 1.95. The third kappa shape index (κ3) is 4.97. The van der Waals surface area contributed by atoms with Crippen molar-refractivity contribution >= 4 is 23.5 Å². The van der Waals surface area contributed by atoms with Crippen LogP contribution in [-0.4, -0.2) is 26.8 Å². The third-order valence-electron chi connectivity index (χ3n) is 4.38. The SMILES string of the molecule is O=C(O)C[C@H](NC(=O)c1cc(=O)n(-c2ccccc2Cl)[nH]1)c1ccccc1C(F)(F)F. The van der Waals surface area contributed by atoms with E-state index in [2.05, 4.69) is 10.4 Å². The molecule has 0 aliphatic heterocycles. The summed E-state index contributed by atoms with van der Waals surface area (Å²) in [4.78, 5) is 36.2. The van der Waals surface area contributed by atoms with Gasteiger partial charge in [0.05, 0.1) is 28.7 Å². The molecule has 0 spiro atoms. The molecule has 31 heavy (non-hydrogen) atoms. The summed E-state index contributed by atoms with van der Waals surface area (Å²) >= 11 is 6.05. The second-order valence-corrected chi connectivity index (χ2v) is 6.91. The summed E-state index contributed by atoms with van der Waals surface area (Å²) in [6.45, 7) is 0. The van der Waals surface area contributed by atoms with E-state index in [-0.39, 0.29) is 16.4 Å². The Bertz CT molecular complexity index is 1190. The molecule has 1 amide bonds. The molecule has 3 aromatic rings. The number of carboxylic acids is 1. The van der Waals surface area contributed by atoms with Gasteiger partial charge >= 0.3 is 12.1 Å². The second kappa shape index (κ2) is 8.68. The number of aromatic nitrogens is 2. The van der Waals surface area contributed by atoms with Crippen molar-refractivity contribution in [3.8, 4) is 5.69 Å². The van der Waals surface area contributed by atoms with E-state index in [9.17, 15) is 27.6 Å². The van der Waals surface area contributed by atoms with Gasteiger partial charge in [-0.1, -0.05) is 41.9 Å². The van der Waals surface area contributed by atoms with E-state index in [1.165, 1.54) is 18.2 Å². The van der Waals surface area contributed by atoms with Crippen LogP contribution >= 0.6 is 11.6 Å². The van der Waals surface area contributed by atoms with Gasteiger partial charge < -0.3 is 10.4 Å². The number of halogens is 4. The van der Waals surface area contributed by atoms with Crippen molar-refractivity contribution in [1.29, 1.82) is 0 Å². The van der Waals surface area contributed by atoms with E-state index >= 15 is 0 Å². The summed E-state index contributed by atoms with van der Waals surface area (Å²) in [6, 6.07) is 10.1. The van der Waals surface area contributed by atoms with Crippen molar-refractivity contribution in [3.05, 3.63) is 86.8 Å². The van der Waals surface area contributed by atoms with Gasteiger partial charge in [-0.25, -0.2) is 4.68 Å². The first-order chi connectivity index (χ1) is 14.6. The summed E-state index contributed by atoms with van der Waals surface area (Å²) < 4.78 is 41.1. The number of carboxylic acid groups (broad SMARTS) is 1. The largest absolute Gasteiger partial charge is 0.481 e. The molecule has 0 aliphatic carbocycles. The third-order valence-corrected chi connectivity index (χ3v) is 4.70. The quantitative estimate of drug-likeness (QED) is 0.528. The average Bonchev–Trinajstić information content (AvgIpc) is 3.08. The Hall–Kier alpha value is -3.53. The van der Waals surface area contributed by atoms with E-state index in [1.807, 2.05) is 0 Å². The van der Waals surface area contributed by atoms with Crippen LogP contribution in [0, 0.1) is 0 Å². The molecule has 162 valence electrons. The van der Waals surface area contributed by atoms with Gasteiger partial charge in [-0.05, 0) is 23.8 Å². The Morgan fingerprint density at radius 3 is 2.42 bits per heavy atom. The smallest absolute Gasteiger partial charge is 0.416 e. The van der Waals surface area contributed by atoms with Gasteiger partial charge in [-0.2, -0.15) is 13.2 Å². The van der Waals surface area contributed by atoms with E-state index in [0.717, 1.165) is 28.9 Å².